The Kier molecular flexibility index (Phi) is 3.95. The van der Waals surface area contributed by atoms with Gasteiger partial charge in [-0.3, -0.25) is 4.79 Å². The summed E-state index contributed by atoms with van der Waals surface area (Å²) in [5.74, 6) is -0.326. The van der Waals surface area contributed by atoms with Gasteiger partial charge >= 0.3 is 0 Å². The number of carbonyl (C=O) groups is 1. The molecule has 0 saturated heterocycles. The molecule has 1 amide bonds. The van der Waals surface area contributed by atoms with Gasteiger partial charge < -0.3 is 5.32 Å². The molecule has 0 rings (SSSR count). The average molecular weight is 158 g/mol. The lowest BCUT2D eigenvalue weighted by molar-refractivity contribution is -0.118. The van der Waals surface area contributed by atoms with Crippen molar-refractivity contribution in [2.24, 2.45) is 0 Å². The summed E-state index contributed by atoms with van der Waals surface area (Å²) in [6, 6.07) is 0. The van der Waals surface area contributed by atoms with Gasteiger partial charge in [0.1, 0.15) is 5.82 Å². The number of amides is 1. The van der Waals surface area contributed by atoms with E-state index in [0.717, 1.165) is 0 Å². The van der Waals surface area contributed by atoms with Crippen molar-refractivity contribution in [3.63, 3.8) is 0 Å². The van der Waals surface area contributed by atoms with Crippen LogP contribution in [0, 0.1) is 0 Å². The molecule has 0 bridgehead atoms. The first-order chi connectivity index (χ1) is 5.06. The Labute approximate surface area is 64.9 Å². The van der Waals surface area contributed by atoms with Crippen LogP contribution in [0.5, 0.6) is 0 Å². The maximum atomic E-state index is 11.8. The quantitative estimate of drug-likeness (QED) is 0.475. The minimum atomic E-state index is -0.331. The predicted octanol–water partition coefficient (Wildman–Crippen LogP) is 1.01. The highest BCUT2D eigenvalue weighted by Crippen LogP contribution is 1.93. The number of allylic oxidation sites excluding steroid dienone is 2. The summed E-state index contributed by atoms with van der Waals surface area (Å²) in [7, 11) is 0. The van der Waals surface area contributed by atoms with Gasteiger partial charge in [0, 0.05) is 6.92 Å². The molecular weight excluding hydrogens is 147 g/mol. The molecule has 0 aliphatic rings. The highest BCUT2D eigenvalue weighted by Gasteiger charge is 1.96. The third-order valence-corrected chi connectivity index (χ3v) is 0.803. The molecule has 0 radical (unpaired) electrons. The first kappa shape index (κ1) is 9.68. The van der Waals surface area contributed by atoms with E-state index in [-0.39, 0.29) is 11.7 Å². The second-order valence-electron chi connectivity index (χ2n) is 2.18. The van der Waals surface area contributed by atoms with Crippen molar-refractivity contribution >= 4 is 5.91 Å². The zero-order chi connectivity index (χ0) is 8.85. The van der Waals surface area contributed by atoms with Crippen molar-refractivity contribution < 1.29 is 9.28 Å². The van der Waals surface area contributed by atoms with Crippen molar-refractivity contribution in [1.29, 1.82) is 0 Å². The van der Waals surface area contributed by atoms with E-state index in [1.54, 1.807) is 6.92 Å². The third kappa shape index (κ3) is 5.14. The van der Waals surface area contributed by atoms with Crippen molar-refractivity contribution in [1.82, 2.24) is 10.9 Å². The van der Waals surface area contributed by atoms with Crippen LogP contribution >= 0.6 is 0 Å². The van der Waals surface area contributed by atoms with E-state index in [4.69, 9.17) is 0 Å². The van der Waals surface area contributed by atoms with Crippen LogP contribution < -0.4 is 10.9 Å². The van der Waals surface area contributed by atoms with E-state index < -0.39 is 0 Å². The zero-order valence-electron chi connectivity index (χ0n) is 6.57. The van der Waals surface area contributed by atoms with E-state index in [9.17, 15) is 9.28 Å². The number of halogens is 1. The van der Waals surface area contributed by atoms with E-state index in [2.05, 4.69) is 11.9 Å². The van der Waals surface area contributed by atoms with Crippen LogP contribution in [0.15, 0.2) is 24.0 Å². The topological polar surface area (TPSA) is 41.1 Å². The Morgan fingerprint density at radius 1 is 1.55 bits per heavy atom. The van der Waals surface area contributed by atoms with E-state index in [0.29, 0.717) is 5.57 Å². The summed E-state index contributed by atoms with van der Waals surface area (Å²) >= 11 is 0. The molecule has 2 N–H and O–H groups in total. The number of hydrogen-bond acceptors (Lipinski definition) is 2. The van der Waals surface area contributed by atoms with Gasteiger partial charge in [-0.25, -0.2) is 5.54 Å². The first-order valence-electron chi connectivity index (χ1n) is 3.07. The van der Waals surface area contributed by atoms with Crippen molar-refractivity contribution in [2.75, 3.05) is 0 Å². The molecule has 0 unspecified atom stereocenters. The Morgan fingerprint density at radius 3 is 2.36 bits per heavy atom. The summed E-state index contributed by atoms with van der Waals surface area (Å²) in [5, 5.41) is 2.24. The molecule has 3 nitrogen and oxygen atoms in total. The standard InChI is InChI=1S/C7H11FN2O/c1-5(2)4-7(10-8)9-6(3)11/h4,10H,1H2,2-3H3,(H,9,11)/b7-4-. The lowest BCUT2D eigenvalue weighted by Crippen LogP contribution is -2.25. The predicted molar refractivity (Wildman–Crippen MR) is 41.0 cm³/mol. The fraction of sp³-hybridized carbons (Fsp3) is 0.286. The van der Waals surface area contributed by atoms with Crippen LogP contribution in [-0.4, -0.2) is 5.91 Å². The fourth-order valence-corrected chi connectivity index (χ4v) is 0.523. The number of nitrogens with one attached hydrogen (secondary N) is 2. The maximum absolute atomic E-state index is 11.8. The van der Waals surface area contributed by atoms with E-state index in [1.165, 1.54) is 18.5 Å². The average Bonchev–Trinajstić information content (AvgIpc) is 1.84. The Bertz CT molecular complexity index is 199. The maximum Gasteiger partial charge on any atom is 0.222 e. The number of hydrogen-bond donors (Lipinski definition) is 2. The normalized spacial score (nSPS) is 10.6. The molecule has 11 heavy (non-hydrogen) atoms. The van der Waals surface area contributed by atoms with Gasteiger partial charge in [-0.1, -0.05) is 12.2 Å². The fourth-order valence-electron chi connectivity index (χ4n) is 0.523. The first-order valence-corrected chi connectivity index (χ1v) is 3.07. The van der Waals surface area contributed by atoms with Crippen LogP contribution in [0.3, 0.4) is 0 Å². The molecular formula is C7H11FN2O. The van der Waals surface area contributed by atoms with Crippen molar-refractivity contribution in [3.05, 3.63) is 24.0 Å². The highest BCUT2D eigenvalue weighted by molar-refractivity contribution is 5.74. The smallest absolute Gasteiger partial charge is 0.222 e. The number of rotatable bonds is 3. The summed E-state index contributed by atoms with van der Waals surface area (Å²) in [4.78, 5) is 10.4. The second-order valence-corrected chi connectivity index (χ2v) is 2.18. The van der Waals surface area contributed by atoms with Crippen LogP contribution in [0.2, 0.25) is 0 Å². The monoisotopic (exact) mass is 158 g/mol. The molecule has 0 aromatic carbocycles. The van der Waals surface area contributed by atoms with Crippen LogP contribution in [0.25, 0.3) is 0 Å². The molecule has 0 aromatic heterocycles. The molecule has 0 spiro atoms. The molecule has 0 fully saturated rings. The molecule has 4 heteroatoms. The zero-order valence-corrected chi connectivity index (χ0v) is 6.57. The molecule has 0 aliphatic heterocycles. The Balaban J connectivity index is 4.16. The van der Waals surface area contributed by atoms with Crippen LogP contribution in [-0.2, 0) is 4.79 Å². The lowest BCUT2D eigenvalue weighted by atomic mass is 10.3. The van der Waals surface area contributed by atoms with Gasteiger partial charge in [-0.15, -0.1) is 4.48 Å². The summed E-state index contributed by atoms with van der Waals surface area (Å²) in [6.07, 6.45) is 1.39. The SMILES string of the molecule is C=C(C)/C=C(\NF)NC(C)=O. The van der Waals surface area contributed by atoms with Gasteiger partial charge in [0.2, 0.25) is 5.91 Å². The Hall–Kier alpha value is -1.32. The van der Waals surface area contributed by atoms with Gasteiger partial charge in [0.05, 0.1) is 0 Å². The summed E-state index contributed by atoms with van der Waals surface area (Å²) < 4.78 is 11.8. The van der Waals surface area contributed by atoms with Crippen LogP contribution in [0.4, 0.5) is 4.48 Å². The van der Waals surface area contributed by atoms with Crippen LogP contribution in [0.1, 0.15) is 13.8 Å². The molecule has 62 valence electrons. The van der Waals surface area contributed by atoms with Gasteiger partial charge in [0.15, 0.2) is 0 Å². The summed E-state index contributed by atoms with van der Waals surface area (Å²) in [5.41, 5.74) is 1.98. The molecule has 0 heterocycles. The van der Waals surface area contributed by atoms with Gasteiger partial charge in [-0.2, -0.15) is 0 Å². The minimum absolute atomic E-state index is 0.00463. The third-order valence-electron chi connectivity index (χ3n) is 0.803. The number of carbonyl (C=O) groups excluding carboxylic acids is 1. The largest absolute Gasteiger partial charge is 0.311 e. The minimum Gasteiger partial charge on any atom is -0.311 e. The molecule has 0 saturated carbocycles. The Morgan fingerprint density at radius 2 is 2.09 bits per heavy atom. The molecule has 0 atom stereocenters. The molecule has 0 aromatic rings. The summed E-state index contributed by atoms with van der Waals surface area (Å²) in [6.45, 7) is 6.50. The second kappa shape index (κ2) is 4.49. The van der Waals surface area contributed by atoms with Crippen molar-refractivity contribution in [3.8, 4) is 0 Å². The van der Waals surface area contributed by atoms with Gasteiger partial charge in [0.25, 0.3) is 0 Å². The van der Waals surface area contributed by atoms with E-state index in [1.807, 2.05) is 0 Å². The lowest BCUT2D eigenvalue weighted by Gasteiger charge is -2.02. The highest BCUT2D eigenvalue weighted by atomic mass is 19.2. The van der Waals surface area contributed by atoms with Crippen molar-refractivity contribution in [2.45, 2.75) is 13.8 Å². The van der Waals surface area contributed by atoms with E-state index >= 15 is 0 Å². The molecule has 0 aliphatic carbocycles. The van der Waals surface area contributed by atoms with Gasteiger partial charge in [-0.05, 0) is 13.0 Å².